The smallest absolute Gasteiger partial charge is 0.234 e. The normalized spacial score (nSPS) is 12.4. The second kappa shape index (κ2) is 8.95. The van der Waals surface area contributed by atoms with E-state index in [0.717, 1.165) is 28.0 Å². The highest BCUT2D eigenvalue weighted by atomic mass is 19.1. The molecule has 0 aliphatic carbocycles. The molecule has 3 aromatic rings. The first-order chi connectivity index (χ1) is 13.5. The van der Waals surface area contributed by atoms with Crippen molar-refractivity contribution >= 4 is 16.9 Å². The van der Waals surface area contributed by atoms with E-state index in [0.29, 0.717) is 26.3 Å². The molecule has 0 aliphatic rings. The number of carbonyl (C=O) groups is 1. The average Bonchev–Trinajstić information content (AvgIpc) is 3.03. The first-order valence-corrected chi connectivity index (χ1v) is 9.35. The maximum atomic E-state index is 13.2. The van der Waals surface area contributed by atoms with Crippen molar-refractivity contribution in [1.29, 1.82) is 0 Å². The van der Waals surface area contributed by atoms with E-state index in [1.165, 1.54) is 12.1 Å². The summed E-state index contributed by atoms with van der Waals surface area (Å²) in [5.74, 6) is 0.137. The number of amides is 1. The van der Waals surface area contributed by atoms with Gasteiger partial charge in [-0.05, 0) is 49.2 Å². The Kier molecular flexibility index (Phi) is 6.38. The third-order valence-electron chi connectivity index (χ3n) is 4.66. The number of halogens is 1. The lowest BCUT2D eigenvalue weighted by molar-refractivity contribution is -0.119. The Labute approximate surface area is 163 Å². The van der Waals surface area contributed by atoms with Gasteiger partial charge in [-0.3, -0.25) is 10.1 Å². The molecule has 0 radical (unpaired) electrons. The predicted molar refractivity (Wildman–Crippen MR) is 107 cm³/mol. The zero-order valence-corrected chi connectivity index (χ0v) is 16.1. The summed E-state index contributed by atoms with van der Waals surface area (Å²) >= 11 is 0. The van der Waals surface area contributed by atoms with Gasteiger partial charge in [0.2, 0.25) is 5.91 Å². The molecule has 0 saturated carbocycles. The van der Waals surface area contributed by atoms with Gasteiger partial charge in [0.05, 0.1) is 30.2 Å². The number of nitrogens with one attached hydrogen (secondary N) is 1. The summed E-state index contributed by atoms with van der Waals surface area (Å²) in [5.41, 5.74) is 9.06. The fourth-order valence-electron chi connectivity index (χ4n) is 3.02. The van der Waals surface area contributed by atoms with E-state index >= 15 is 0 Å². The van der Waals surface area contributed by atoms with Crippen molar-refractivity contribution in [1.82, 2.24) is 14.9 Å². The minimum Gasteiger partial charge on any atom is -0.380 e. The van der Waals surface area contributed by atoms with Crippen LogP contribution >= 0.6 is 0 Å². The van der Waals surface area contributed by atoms with Crippen LogP contribution in [0.2, 0.25) is 0 Å². The van der Waals surface area contributed by atoms with Crippen molar-refractivity contribution in [2.75, 3.05) is 13.2 Å². The highest BCUT2D eigenvalue weighted by Crippen LogP contribution is 2.25. The molecule has 1 atom stereocenters. The Morgan fingerprint density at radius 3 is 2.64 bits per heavy atom. The van der Waals surface area contributed by atoms with E-state index in [1.54, 1.807) is 19.1 Å². The van der Waals surface area contributed by atoms with Crippen LogP contribution in [0.25, 0.3) is 22.2 Å². The standard InChI is InChI=1S/C21H25FN4O2/c1-3-28-11-10-26-19-12-16(15-4-7-17(22)8-5-15)6-9-18(19)25-20(26)13-24-14(2)21(23)27/h4-9,12,14,24H,3,10-11,13H2,1-2H3,(H2,23,27)/t14-/m0/s1. The Morgan fingerprint density at radius 2 is 1.96 bits per heavy atom. The Bertz CT molecular complexity index is 953. The number of fused-ring (bicyclic) bond motifs is 1. The number of benzene rings is 2. The number of aromatic nitrogens is 2. The number of ether oxygens (including phenoxy) is 1. The summed E-state index contributed by atoms with van der Waals surface area (Å²) in [6.07, 6.45) is 0. The minimum atomic E-state index is -0.449. The zero-order chi connectivity index (χ0) is 20.1. The van der Waals surface area contributed by atoms with Crippen molar-refractivity contribution in [2.24, 2.45) is 5.73 Å². The van der Waals surface area contributed by atoms with E-state index in [9.17, 15) is 9.18 Å². The molecule has 0 aliphatic heterocycles. The van der Waals surface area contributed by atoms with Crippen LogP contribution in [0.1, 0.15) is 19.7 Å². The largest absolute Gasteiger partial charge is 0.380 e. The summed E-state index contributed by atoms with van der Waals surface area (Å²) in [6.45, 7) is 5.93. The first kappa shape index (κ1) is 20.0. The van der Waals surface area contributed by atoms with Crippen molar-refractivity contribution in [3.05, 3.63) is 54.1 Å². The van der Waals surface area contributed by atoms with Crippen LogP contribution in [-0.4, -0.2) is 34.7 Å². The molecule has 2 aromatic carbocycles. The monoisotopic (exact) mass is 384 g/mol. The van der Waals surface area contributed by atoms with Crippen molar-refractivity contribution in [2.45, 2.75) is 33.0 Å². The van der Waals surface area contributed by atoms with Crippen molar-refractivity contribution < 1.29 is 13.9 Å². The summed E-state index contributed by atoms with van der Waals surface area (Å²) in [5, 5.41) is 3.10. The average molecular weight is 384 g/mol. The molecular formula is C21H25FN4O2. The highest BCUT2D eigenvalue weighted by molar-refractivity contribution is 5.83. The molecule has 0 saturated heterocycles. The number of primary amides is 1. The first-order valence-electron chi connectivity index (χ1n) is 9.35. The number of hydrogen-bond donors (Lipinski definition) is 2. The van der Waals surface area contributed by atoms with Crippen LogP contribution in [0, 0.1) is 5.82 Å². The molecule has 7 heteroatoms. The van der Waals surface area contributed by atoms with Gasteiger partial charge in [0, 0.05) is 13.2 Å². The number of imidazole rings is 1. The summed E-state index contributed by atoms with van der Waals surface area (Å²) in [7, 11) is 0. The number of hydrogen-bond acceptors (Lipinski definition) is 4. The maximum Gasteiger partial charge on any atom is 0.234 e. The molecule has 1 heterocycles. The molecule has 3 rings (SSSR count). The highest BCUT2D eigenvalue weighted by Gasteiger charge is 2.14. The van der Waals surface area contributed by atoms with Gasteiger partial charge in [-0.1, -0.05) is 18.2 Å². The van der Waals surface area contributed by atoms with Gasteiger partial charge in [0.1, 0.15) is 11.6 Å². The van der Waals surface area contributed by atoms with Crippen LogP contribution in [0.5, 0.6) is 0 Å². The predicted octanol–water partition coefficient (Wildman–Crippen LogP) is 2.84. The SMILES string of the molecule is CCOCCn1c(CN[C@@H](C)C(N)=O)nc2ccc(-c3ccc(F)cc3)cc21. The van der Waals surface area contributed by atoms with Crippen molar-refractivity contribution in [3.63, 3.8) is 0 Å². The molecule has 0 fully saturated rings. The zero-order valence-electron chi connectivity index (χ0n) is 16.1. The van der Waals surface area contributed by atoms with E-state index in [1.807, 2.05) is 25.1 Å². The van der Waals surface area contributed by atoms with Crippen molar-refractivity contribution in [3.8, 4) is 11.1 Å². The molecule has 1 aromatic heterocycles. The lowest BCUT2D eigenvalue weighted by atomic mass is 10.1. The van der Waals surface area contributed by atoms with Gasteiger partial charge < -0.3 is 15.0 Å². The Hall–Kier alpha value is -2.77. The van der Waals surface area contributed by atoms with Gasteiger partial charge >= 0.3 is 0 Å². The van der Waals surface area contributed by atoms with Crippen LogP contribution in [-0.2, 0) is 22.6 Å². The molecule has 0 spiro atoms. The lowest BCUT2D eigenvalue weighted by Crippen LogP contribution is -2.38. The van der Waals surface area contributed by atoms with Crippen LogP contribution in [0.4, 0.5) is 4.39 Å². The summed E-state index contributed by atoms with van der Waals surface area (Å²) in [4.78, 5) is 16.0. The number of nitrogens with two attached hydrogens (primary N) is 1. The fourth-order valence-corrected chi connectivity index (χ4v) is 3.02. The quantitative estimate of drug-likeness (QED) is 0.556. The molecule has 3 N–H and O–H groups in total. The van der Waals surface area contributed by atoms with Gasteiger partial charge in [-0.15, -0.1) is 0 Å². The molecular weight excluding hydrogens is 359 g/mol. The van der Waals surface area contributed by atoms with Gasteiger partial charge in [0.15, 0.2) is 0 Å². The van der Waals surface area contributed by atoms with E-state index < -0.39 is 11.9 Å². The van der Waals surface area contributed by atoms with E-state index in [-0.39, 0.29) is 5.82 Å². The van der Waals surface area contributed by atoms with Crippen LogP contribution < -0.4 is 11.1 Å². The number of carbonyl (C=O) groups excluding carboxylic acids is 1. The number of rotatable bonds is 9. The fraction of sp³-hybridized carbons (Fsp3) is 0.333. The molecule has 28 heavy (non-hydrogen) atoms. The van der Waals surface area contributed by atoms with Gasteiger partial charge in [0.25, 0.3) is 0 Å². The second-order valence-corrected chi connectivity index (χ2v) is 6.59. The maximum absolute atomic E-state index is 13.2. The Morgan fingerprint density at radius 1 is 1.25 bits per heavy atom. The van der Waals surface area contributed by atoms with E-state index in [4.69, 9.17) is 15.5 Å². The van der Waals surface area contributed by atoms with Crippen LogP contribution in [0.3, 0.4) is 0 Å². The molecule has 0 unspecified atom stereocenters. The second-order valence-electron chi connectivity index (χ2n) is 6.59. The molecule has 0 bridgehead atoms. The third-order valence-corrected chi connectivity index (χ3v) is 4.66. The molecule has 1 amide bonds. The van der Waals surface area contributed by atoms with E-state index in [2.05, 4.69) is 9.88 Å². The summed E-state index contributed by atoms with van der Waals surface area (Å²) in [6, 6.07) is 11.9. The summed E-state index contributed by atoms with van der Waals surface area (Å²) < 4.78 is 20.8. The number of nitrogens with zero attached hydrogens (tertiary/aromatic N) is 2. The molecule has 6 nitrogen and oxygen atoms in total. The lowest BCUT2D eigenvalue weighted by Gasteiger charge is -2.13. The molecule has 148 valence electrons. The Balaban J connectivity index is 1.96. The third kappa shape index (κ3) is 4.55. The van der Waals surface area contributed by atoms with Crippen LogP contribution in [0.15, 0.2) is 42.5 Å². The van der Waals surface area contributed by atoms with Gasteiger partial charge in [-0.25, -0.2) is 9.37 Å². The van der Waals surface area contributed by atoms with Gasteiger partial charge in [-0.2, -0.15) is 0 Å². The minimum absolute atomic E-state index is 0.261. The topological polar surface area (TPSA) is 82.2 Å².